The molecule has 11 heteroatoms. The minimum absolute atomic E-state index is 0.282. The number of thioether (sulfide) groups is 1. The van der Waals surface area contributed by atoms with Crippen LogP contribution in [0.15, 0.2) is 83.2 Å². The van der Waals surface area contributed by atoms with E-state index in [2.05, 4.69) is 17.6 Å². The predicted molar refractivity (Wildman–Crippen MR) is 180 cm³/mol. The first-order valence-corrected chi connectivity index (χ1v) is 16.5. The molecular weight excluding hydrogens is 610 g/mol. The molecule has 45 heavy (non-hydrogen) atoms. The Bertz CT molecular complexity index is 1670. The number of hydrogen-bond acceptors (Lipinski definition) is 8. The van der Waals surface area contributed by atoms with Gasteiger partial charge in [-0.25, -0.2) is 4.68 Å². The Hall–Kier alpha value is -4.15. The van der Waals surface area contributed by atoms with Gasteiger partial charge < -0.3 is 24.8 Å². The lowest BCUT2D eigenvalue weighted by atomic mass is 9.94. The topological polar surface area (TPSA) is 99.5 Å². The molecule has 4 aromatic rings. The van der Waals surface area contributed by atoms with Crippen molar-refractivity contribution in [1.82, 2.24) is 14.8 Å². The van der Waals surface area contributed by atoms with Crippen molar-refractivity contribution in [1.29, 1.82) is 0 Å². The first-order chi connectivity index (χ1) is 21.9. The van der Waals surface area contributed by atoms with Crippen molar-refractivity contribution in [3.63, 3.8) is 0 Å². The molecule has 0 aliphatic carbocycles. The number of carbonyl (C=O) groups is 1. The number of hydrogen-bond donors (Lipinski definition) is 2. The molecule has 0 bridgehead atoms. The first kappa shape index (κ1) is 32.2. The van der Waals surface area contributed by atoms with Gasteiger partial charge in [0.15, 0.2) is 11.5 Å². The molecule has 1 amide bonds. The monoisotopic (exact) mass is 647 g/mol. The van der Waals surface area contributed by atoms with Crippen molar-refractivity contribution in [3.05, 3.63) is 94.1 Å². The highest BCUT2D eigenvalue weighted by Crippen LogP contribution is 2.40. The van der Waals surface area contributed by atoms with Crippen LogP contribution >= 0.6 is 23.4 Å². The molecule has 1 unspecified atom stereocenters. The fourth-order valence-corrected chi connectivity index (χ4v) is 6.10. The quantitative estimate of drug-likeness (QED) is 0.105. The van der Waals surface area contributed by atoms with E-state index in [9.17, 15) is 4.79 Å². The van der Waals surface area contributed by atoms with Gasteiger partial charge in [0.2, 0.25) is 11.1 Å². The number of allylic oxidation sites excluding steroid dienone is 1. The average Bonchev–Trinajstić information content (AvgIpc) is 3.44. The van der Waals surface area contributed by atoms with Gasteiger partial charge in [0.1, 0.15) is 18.4 Å². The van der Waals surface area contributed by atoms with Crippen molar-refractivity contribution in [2.75, 3.05) is 29.6 Å². The van der Waals surface area contributed by atoms with Crippen LogP contribution in [0, 0.1) is 0 Å². The highest BCUT2D eigenvalue weighted by Gasteiger charge is 2.35. The second-order valence-electron chi connectivity index (χ2n) is 10.3. The number of unbranched alkanes of at least 4 members (excludes halogenated alkanes) is 1. The summed E-state index contributed by atoms with van der Waals surface area (Å²) in [5.74, 6) is 2.92. The minimum atomic E-state index is -0.592. The molecule has 0 spiro atoms. The van der Waals surface area contributed by atoms with E-state index in [1.807, 2.05) is 87.5 Å². The number of fused-ring (bicyclic) bond motifs is 1. The van der Waals surface area contributed by atoms with Crippen LogP contribution in [0.25, 0.3) is 0 Å². The number of ether oxygens (including phenoxy) is 3. The van der Waals surface area contributed by atoms with Crippen molar-refractivity contribution >= 4 is 40.9 Å². The van der Waals surface area contributed by atoms with E-state index in [1.54, 1.807) is 16.4 Å². The molecular formula is C34H38ClN5O4S. The van der Waals surface area contributed by atoms with Gasteiger partial charge in [-0.05, 0) is 63.1 Å². The van der Waals surface area contributed by atoms with E-state index < -0.39 is 6.04 Å². The SMILES string of the molecule is CCCCSc1nc2n(n1)C(c1ccc(OCc3ccccc3Cl)c(OCC)c1)C(C(=O)Nc1ccccc1OCC)=C(C)N2. The van der Waals surface area contributed by atoms with Crippen LogP contribution in [0.5, 0.6) is 17.2 Å². The number of anilines is 2. The molecule has 0 saturated carbocycles. The molecule has 3 aromatic carbocycles. The maximum atomic E-state index is 14.1. The van der Waals surface area contributed by atoms with Crippen LogP contribution in [0.3, 0.4) is 0 Å². The van der Waals surface area contributed by atoms with Crippen molar-refractivity contribution in [2.45, 2.75) is 58.3 Å². The van der Waals surface area contributed by atoms with Gasteiger partial charge in [-0.15, -0.1) is 5.10 Å². The second-order valence-corrected chi connectivity index (χ2v) is 11.8. The fraction of sp³-hybridized carbons (Fsp3) is 0.324. The number of para-hydroxylation sites is 2. The molecule has 236 valence electrons. The summed E-state index contributed by atoms with van der Waals surface area (Å²) in [7, 11) is 0. The molecule has 2 N–H and O–H groups in total. The lowest BCUT2D eigenvalue weighted by Crippen LogP contribution is -2.31. The lowest BCUT2D eigenvalue weighted by Gasteiger charge is -2.29. The zero-order valence-corrected chi connectivity index (χ0v) is 27.5. The van der Waals surface area contributed by atoms with Crippen molar-refractivity contribution in [3.8, 4) is 17.2 Å². The Morgan fingerprint density at radius 1 is 0.978 bits per heavy atom. The second kappa shape index (κ2) is 15.2. The zero-order chi connectivity index (χ0) is 31.8. The van der Waals surface area contributed by atoms with Gasteiger partial charge in [-0.1, -0.05) is 73.1 Å². The van der Waals surface area contributed by atoms with E-state index in [0.717, 1.165) is 29.7 Å². The van der Waals surface area contributed by atoms with Crippen LogP contribution < -0.4 is 24.8 Å². The Kier molecular flexibility index (Phi) is 10.9. The van der Waals surface area contributed by atoms with Crippen LogP contribution in [0.4, 0.5) is 11.6 Å². The molecule has 1 aliphatic rings. The normalized spacial score (nSPS) is 14.0. The first-order valence-electron chi connectivity index (χ1n) is 15.2. The highest BCUT2D eigenvalue weighted by atomic mass is 35.5. The summed E-state index contributed by atoms with van der Waals surface area (Å²) in [4.78, 5) is 18.9. The summed E-state index contributed by atoms with van der Waals surface area (Å²) < 4.78 is 19.8. The summed E-state index contributed by atoms with van der Waals surface area (Å²) >= 11 is 7.97. The summed E-state index contributed by atoms with van der Waals surface area (Å²) in [6, 6.07) is 20.1. The van der Waals surface area contributed by atoms with Crippen LogP contribution in [0.1, 0.15) is 57.7 Å². The third-order valence-corrected chi connectivity index (χ3v) is 8.46. The lowest BCUT2D eigenvalue weighted by molar-refractivity contribution is -0.113. The Balaban J connectivity index is 1.53. The minimum Gasteiger partial charge on any atom is -0.492 e. The Morgan fingerprint density at radius 3 is 2.51 bits per heavy atom. The van der Waals surface area contributed by atoms with Crippen molar-refractivity contribution < 1.29 is 19.0 Å². The predicted octanol–water partition coefficient (Wildman–Crippen LogP) is 8.13. The van der Waals surface area contributed by atoms with Crippen LogP contribution in [-0.4, -0.2) is 39.6 Å². The van der Waals surface area contributed by atoms with Crippen LogP contribution in [-0.2, 0) is 11.4 Å². The van der Waals surface area contributed by atoms with E-state index in [4.69, 9.17) is 35.9 Å². The summed E-state index contributed by atoms with van der Waals surface area (Å²) in [5, 5.41) is 12.5. The standard InChI is InChI=1S/C34H38ClN5O4S/c1-5-8-19-45-34-38-33-36-22(4)30(32(41)37-26-15-11-12-16-27(26)42-6-2)31(40(33)39-34)23-17-18-28(29(20-23)43-7-3)44-21-24-13-9-10-14-25(24)35/h9-18,20,31H,5-8,19,21H2,1-4H3,(H,37,41)(H,36,38,39). The molecule has 0 fully saturated rings. The van der Waals surface area contributed by atoms with Gasteiger partial charge in [0, 0.05) is 22.0 Å². The average molecular weight is 648 g/mol. The molecule has 1 atom stereocenters. The molecule has 5 rings (SSSR count). The van der Waals surface area contributed by atoms with Gasteiger partial charge >= 0.3 is 0 Å². The molecule has 1 aliphatic heterocycles. The smallest absolute Gasteiger partial charge is 0.255 e. The third kappa shape index (κ3) is 7.57. The summed E-state index contributed by atoms with van der Waals surface area (Å²) in [6.07, 6.45) is 2.14. The largest absolute Gasteiger partial charge is 0.492 e. The molecule has 9 nitrogen and oxygen atoms in total. The maximum Gasteiger partial charge on any atom is 0.255 e. The number of nitrogens with zero attached hydrogens (tertiary/aromatic N) is 3. The summed E-state index contributed by atoms with van der Waals surface area (Å²) in [5.41, 5.74) is 3.42. The van der Waals surface area contributed by atoms with Gasteiger partial charge in [0.05, 0.1) is 24.5 Å². The number of amides is 1. The molecule has 1 aromatic heterocycles. The maximum absolute atomic E-state index is 14.1. The fourth-order valence-electron chi connectivity index (χ4n) is 5.00. The number of rotatable bonds is 14. The molecule has 2 heterocycles. The van der Waals surface area contributed by atoms with Crippen molar-refractivity contribution in [2.24, 2.45) is 0 Å². The van der Waals surface area contributed by atoms with E-state index >= 15 is 0 Å². The number of nitrogens with one attached hydrogen (secondary N) is 2. The van der Waals surface area contributed by atoms with E-state index in [-0.39, 0.29) is 12.5 Å². The summed E-state index contributed by atoms with van der Waals surface area (Å²) in [6.45, 7) is 9.05. The van der Waals surface area contributed by atoms with Crippen LogP contribution in [0.2, 0.25) is 5.02 Å². The third-order valence-electron chi connectivity index (χ3n) is 7.17. The van der Waals surface area contributed by atoms with Gasteiger partial charge in [-0.3, -0.25) is 4.79 Å². The number of aromatic nitrogens is 3. The Labute approximate surface area is 273 Å². The Morgan fingerprint density at radius 2 is 1.73 bits per heavy atom. The van der Waals surface area contributed by atoms with Gasteiger partial charge in [-0.2, -0.15) is 4.98 Å². The number of carbonyl (C=O) groups excluding carboxylic acids is 1. The zero-order valence-electron chi connectivity index (χ0n) is 25.9. The van der Waals surface area contributed by atoms with E-state index in [0.29, 0.717) is 63.5 Å². The van der Waals surface area contributed by atoms with E-state index in [1.165, 1.54) is 0 Å². The molecule has 0 radical (unpaired) electrons. The molecule has 0 saturated heterocycles. The van der Waals surface area contributed by atoms with Gasteiger partial charge in [0.25, 0.3) is 5.91 Å². The number of benzene rings is 3. The number of halogens is 1. The highest BCUT2D eigenvalue weighted by molar-refractivity contribution is 7.99.